The molecule has 27 heavy (non-hydrogen) atoms. The monoisotopic (exact) mass is 384 g/mol. The molecule has 0 atom stereocenters. The van der Waals surface area contributed by atoms with Gasteiger partial charge < -0.3 is 9.73 Å². The van der Waals surface area contributed by atoms with Crippen LogP contribution in [0.15, 0.2) is 68.7 Å². The second-order valence-electron chi connectivity index (χ2n) is 6.40. The van der Waals surface area contributed by atoms with E-state index in [0.717, 1.165) is 12.8 Å². The Morgan fingerprint density at radius 2 is 1.67 bits per heavy atom. The predicted molar refractivity (Wildman–Crippen MR) is 101 cm³/mol. The number of carbonyl (C=O) groups is 1. The largest absolute Gasteiger partial charge is 0.423 e. The van der Waals surface area contributed by atoms with Crippen LogP contribution in [-0.4, -0.2) is 14.3 Å². The molecule has 0 aliphatic heterocycles. The third kappa shape index (κ3) is 3.85. The van der Waals surface area contributed by atoms with Gasteiger partial charge in [-0.25, -0.2) is 13.2 Å². The van der Waals surface area contributed by atoms with Gasteiger partial charge >= 0.3 is 5.63 Å². The standard InChI is InChI=1S/C19H16N2O5S/c22-18-10-3-13-11-16(8-9-17(13)26-18)27(24,25)21-15-6-4-14(5-7-15)20-19(23)12-1-2-12/h3-12,21H,1-2H2,(H,20,23). The number of hydrogen-bond acceptors (Lipinski definition) is 5. The number of carbonyl (C=O) groups excluding carboxylic acids is 1. The average Bonchev–Trinajstić information content (AvgIpc) is 3.48. The number of fused-ring (bicyclic) bond motifs is 1. The molecule has 2 N–H and O–H groups in total. The molecule has 138 valence electrons. The van der Waals surface area contributed by atoms with Gasteiger partial charge in [0.2, 0.25) is 5.91 Å². The Morgan fingerprint density at radius 3 is 2.37 bits per heavy atom. The maximum atomic E-state index is 12.6. The summed E-state index contributed by atoms with van der Waals surface area (Å²) in [6, 6.07) is 13.5. The molecule has 2 aromatic carbocycles. The van der Waals surface area contributed by atoms with Crippen LogP contribution in [0.5, 0.6) is 0 Å². The summed E-state index contributed by atoms with van der Waals surface area (Å²) in [5.41, 5.74) is 0.817. The molecule has 1 fully saturated rings. The van der Waals surface area contributed by atoms with Crippen molar-refractivity contribution in [3.63, 3.8) is 0 Å². The fraction of sp³-hybridized carbons (Fsp3) is 0.158. The van der Waals surface area contributed by atoms with Gasteiger partial charge in [-0.15, -0.1) is 0 Å². The minimum atomic E-state index is -3.81. The maximum Gasteiger partial charge on any atom is 0.336 e. The number of benzene rings is 2. The molecule has 0 unspecified atom stereocenters. The van der Waals surface area contributed by atoms with Crippen molar-refractivity contribution in [1.82, 2.24) is 0 Å². The fourth-order valence-corrected chi connectivity index (χ4v) is 3.74. The second-order valence-corrected chi connectivity index (χ2v) is 8.08. The Kier molecular flexibility index (Phi) is 4.19. The van der Waals surface area contributed by atoms with Gasteiger partial charge in [0.1, 0.15) is 5.58 Å². The predicted octanol–water partition coefficient (Wildman–Crippen LogP) is 2.94. The molecule has 0 bridgehead atoms. The second kappa shape index (κ2) is 6.55. The van der Waals surface area contributed by atoms with Crippen molar-refractivity contribution < 1.29 is 17.6 Å². The summed E-state index contributed by atoms with van der Waals surface area (Å²) in [6.45, 7) is 0. The zero-order chi connectivity index (χ0) is 19.0. The molecule has 8 heteroatoms. The lowest BCUT2D eigenvalue weighted by molar-refractivity contribution is -0.117. The third-order valence-electron chi connectivity index (χ3n) is 4.25. The van der Waals surface area contributed by atoms with E-state index < -0.39 is 15.6 Å². The molecule has 0 radical (unpaired) electrons. The fourth-order valence-electron chi connectivity index (χ4n) is 2.64. The first-order valence-electron chi connectivity index (χ1n) is 8.38. The first-order chi connectivity index (χ1) is 12.9. The minimum absolute atomic E-state index is 0.00820. The van der Waals surface area contributed by atoms with E-state index in [-0.39, 0.29) is 16.7 Å². The van der Waals surface area contributed by atoms with E-state index in [1.54, 1.807) is 24.3 Å². The Morgan fingerprint density at radius 1 is 0.963 bits per heavy atom. The highest BCUT2D eigenvalue weighted by molar-refractivity contribution is 7.92. The summed E-state index contributed by atoms with van der Waals surface area (Å²) in [4.78, 5) is 23.0. The van der Waals surface area contributed by atoms with Crippen molar-refractivity contribution >= 4 is 38.3 Å². The number of sulfonamides is 1. The van der Waals surface area contributed by atoms with Crippen LogP contribution in [0.25, 0.3) is 11.0 Å². The molecule has 4 rings (SSSR count). The summed E-state index contributed by atoms with van der Waals surface area (Å²) >= 11 is 0. The van der Waals surface area contributed by atoms with Crippen LogP contribution in [0.2, 0.25) is 0 Å². The molecule has 0 saturated heterocycles. The zero-order valence-corrected chi connectivity index (χ0v) is 15.0. The van der Waals surface area contributed by atoms with Crippen molar-refractivity contribution in [3.8, 4) is 0 Å². The van der Waals surface area contributed by atoms with Gasteiger partial charge in [0, 0.05) is 28.7 Å². The van der Waals surface area contributed by atoms with Gasteiger partial charge in [-0.2, -0.15) is 0 Å². The summed E-state index contributed by atoms with van der Waals surface area (Å²) in [7, 11) is -3.81. The SMILES string of the molecule is O=C(Nc1ccc(NS(=O)(=O)c2ccc3oc(=O)ccc3c2)cc1)C1CC1. The highest BCUT2D eigenvalue weighted by atomic mass is 32.2. The number of anilines is 2. The lowest BCUT2D eigenvalue weighted by Crippen LogP contribution is -2.14. The lowest BCUT2D eigenvalue weighted by atomic mass is 10.2. The number of hydrogen-bond donors (Lipinski definition) is 2. The van der Waals surface area contributed by atoms with Crippen molar-refractivity contribution in [3.05, 3.63) is 65.0 Å². The van der Waals surface area contributed by atoms with Gasteiger partial charge in [-0.05, 0) is 61.4 Å². The van der Waals surface area contributed by atoms with Crippen LogP contribution in [-0.2, 0) is 14.8 Å². The van der Waals surface area contributed by atoms with Crippen LogP contribution >= 0.6 is 0 Å². The highest BCUT2D eigenvalue weighted by Gasteiger charge is 2.29. The number of amides is 1. The van der Waals surface area contributed by atoms with E-state index in [0.29, 0.717) is 22.3 Å². The molecular weight excluding hydrogens is 368 g/mol. The van der Waals surface area contributed by atoms with E-state index in [4.69, 9.17) is 4.42 Å². The summed E-state index contributed by atoms with van der Waals surface area (Å²) in [5.74, 6) is 0.0895. The van der Waals surface area contributed by atoms with Gasteiger partial charge in [0.15, 0.2) is 0 Å². The highest BCUT2D eigenvalue weighted by Crippen LogP contribution is 2.30. The summed E-state index contributed by atoms with van der Waals surface area (Å²) in [6.07, 6.45) is 1.83. The Balaban J connectivity index is 1.53. The Labute approximate surface area is 155 Å². The molecule has 0 spiro atoms. The topological polar surface area (TPSA) is 105 Å². The van der Waals surface area contributed by atoms with Crippen molar-refractivity contribution in [1.29, 1.82) is 0 Å². The van der Waals surface area contributed by atoms with Crippen LogP contribution < -0.4 is 15.7 Å². The van der Waals surface area contributed by atoms with E-state index in [2.05, 4.69) is 10.0 Å². The number of rotatable bonds is 5. The van der Waals surface area contributed by atoms with Crippen molar-refractivity contribution in [2.24, 2.45) is 5.92 Å². The lowest BCUT2D eigenvalue weighted by Gasteiger charge is -2.10. The summed E-state index contributed by atoms with van der Waals surface area (Å²) < 4.78 is 32.7. The zero-order valence-electron chi connectivity index (χ0n) is 14.1. The maximum absolute atomic E-state index is 12.6. The van der Waals surface area contributed by atoms with Gasteiger partial charge in [-0.3, -0.25) is 9.52 Å². The quantitative estimate of drug-likeness (QED) is 0.658. The molecule has 1 amide bonds. The third-order valence-corrected chi connectivity index (χ3v) is 5.63. The average molecular weight is 384 g/mol. The molecule has 1 saturated carbocycles. The van der Waals surface area contributed by atoms with Crippen LogP contribution in [0.3, 0.4) is 0 Å². The van der Waals surface area contributed by atoms with Crippen molar-refractivity contribution in [2.75, 3.05) is 10.0 Å². The Bertz CT molecular complexity index is 1180. The molecule has 1 aliphatic carbocycles. The molecule has 7 nitrogen and oxygen atoms in total. The van der Waals surface area contributed by atoms with Gasteiger partial charge in [0.25, 0.3) is 10.0 Å². The first kappa shape index (κ1) is 17.3. The van der Waals surface area contributed by atoms with Crippen molar-refractivity contribution in [2.45, 2.75) is 17.7 Å². The van der Waals surface area contributed by atoms with E-state index >= 15 is 0 Å². The molecule has 1 aromatic heterocycles. The van der Waals surface area contributed by atoms with E-state index in [1.807, 2.05) is 0 Å². The minimum Gasteiger partial charge on any atom is -0.423 e. The summed E-state index contributed by atoms with van der Waals surface area (Å²) in [5, 5.41) is 3.31. The van der Waals surface area contributed by atoms with Crippen LogP contribution in [0.4, 0.5) is 11.4 Å². The first-order valence-corrected chi connectivity index (χ1v) is 9.87. The normalized spacial score (nSPS) is 14.1. The van der Waals surface area contributed by atoms with E-state index in [9.17, 15) is 18.0 Å². The number of nitrogens with one attached hydrogen (secondary N) is 2. The van der Waals surface area contributed by atoms with E-state index in [1.165, 1.54) is 30.3 Å². The van der Waals surface area contributed by atoms with Gasteiger partial charge in [0.05, 0.1) is 4.90 Å². The van der Waals surface area contributed by atoms with Gasteiger partial charge in [-0.1, -0.05) is 0 Å². The molecule has 3 aromatic rings. The molecular formula is C19H16N2O5S. The Hall–Kier alpha value is -3.13. The molecule has 1 aliphatic rings. The van der Waals surface area contributed by atoms with Crippen LogP contribution in [0, 0.1) is 5.92 Å². The molecule has 1 heterocycles. The smallest absolute Gasteiger partial charge is 0.336 e. The van der Waals surface area contributed by atoms with Crippen LogP contribution in [0.1, 0.15) is 12.8 Å².